The molecule has 0 amide bonds. The van der Waals surface area contributed by atoms with E-state index in [0.29, 0.717) is 19.3 Å². The maximum Gasteiger partial charge on any atom is 0.472 e. The summed E-state index contributed by atoms with van der Waals surface area (Å²) in [5.41, 5.74) is 0. The lowest BCUT2D eigenvalue weighted by Gasteiger charge is -2.21. The Hall–Kier alpha value is -3.86. The lowest BCUT2D eigenvalue weighted by molar-refractivity contribution is -0.161. The number of phosphoric acid groups is 1. The number of phosphoric ester groups is 1. The summed E-state index contributed by atoms with van der Waals surface area (Å²) >= 11 is 0. The van der Waals surface area contributed by atoms with Crippen molar-refractivity contribution >= 4 is 25.7 Å². The van der Waals surface area contributed by atoms with E-state index in [0.717, 1.165) is 96.3 Å². The molecule has 0 bridgehead atoms. The second-order valence-electron chi connectivity index (χ2n) is 17.3. The predicted octanol–water partition coefficient (Wildman–Crippen LogP) is 15.5. The highest BCUT2D eigenvalue weighted by Gasteiger charge is 2.28. The van der Waals surface area contributed by atoms with Gasteiger partial charge in [0, 0.05) is 12.8 Å². The first-order valence-electron chi connectivity index (χ1n) is 26.8. The van der Waals surface area contributed by atoms with Gasteiger partial charge in [0.25, 0.3) is 0 Å². The van der Waals surface area contributed by atoms with E-state index in [1.54, 1.807) is 6.08 Å². The van der Waals surface area contributed by atoms with Crippen molar-refractivity contribution in [1.29, 1.82) is 0 Å². The Labute approximate surface area is 425 Å². The zero-order valence-corrected chi connectivity index (χ0v) is 44.6. The summed E-state index contributed by atoms with van der Waals surface area (Å²) in [6.07, 6.45) is 60.8. The minimum absolute atomic E-state index is 0.0611. The molecule has 0 fully saturated rings. The van der Waals surface area contributed by atoms with Gasteiger partial charge in [-0.05, 0) is 83.5 Å². The maximum atomic E-state index is 12.9. The first kappa shape index (κ1) is 66.1. The molecule has 0 aliphatic rings. The topological polar surface area (TPSA) is 155 Å². The Morgan fingerprint density at radius 1 is 0.429 bits per heavy atom. The molecule has 0 heterocycles. The van der Waals surface area contributed by atoms with Gasteiger partial charge >= 0.3 is 25.7 Å². The van der Waals surface area contributed by atoms with Crippen LogP contribution in [0.1, 0.15) is 201 Å². The molecule has 0 rings (SSSR count). The van der Waals surface area contributed by atoms with E-state index in [2.05, 4.69) is 106 Å². The van der Waals surface area contributed by atoms with Gasteiger partial charge in [-0.15, -0.1) is 0 Å². The summed E-state index contributed by atoms with van der Waals surface area (Å²) < 4.78 is 39.2. The first-order chi connectivity index (χ1) is 34.2. The molecule has 0 aliphatic heterocycles. The number of esters is 3. The molecule has 0 aromatic heterocycles. The van der Waals surface area contributed by atoms with E-state index < -0.39 is 57.8 Å². The second-order valence-corrected chi connectivity index (χ2v) is 18.8. The third-order valence-corrected chi connectivity index (χ3v) is 11.7. The Morgan fingerprint density at radius 2 is 0.800 bits per heavy atom. The lowest BCUT2D eigenvalue weighted by Crippen LogP contribution is -2.30. The number of allylic oxidation sites excluding steroid dienone is 17. The van der Waals surface area contributed by atoms with E-state index in [-0.39, 0.29) is 25.9 Å². The number of hydrogen-bond donors (Lipinski definition) is 2. The molecular weight excluding hydrogens is 904 g/mol. The molecule has 398 valence electrons. The minimum atomic E-state index is -4.78. The van der Waals surface area contributed by atoms with Crippen LogP contribution in [0.25, 0.3) is 0 Å². The van der Waals surface area contributed by atoms with Crippen LogP contribution in [0.2, 0.25) is 0 Å². The van der Waals surface area contributed by atoms with Gasteiger partial charge in [0.15, 0.2) is 6.10 Å². The Balaban J connectivity index is 4.86. The highest BCUT2D eigenvalue weighted by Crippen LogP contribution is 2.43. The van der Waals surface area contributed by atoms with Crippen molar-refractivity contribution in [1.82, 2.24) is 0 Å². The van der Waals surface area contributed by atoms with Gasteiger partial charge in [-0.3, -0.25) is 23.4 Å². The summed E-state index contributed by atoms with van der Waals surface area (Å²) in [5.74, 6) is -1.64. The monoisotopic (exact) mass is 999 g/mol. The van der Waals surface area contributed by atoms with Crippen LogP contribution in [0.4, 0.5) is 0 Å². The van der Waals surface area contributed by atoms with Crippen molar-refractivity contribution in [2.75, 3.05) is 26.4 Å². The highest BCUT2D eigenvalue weighted by atomic mass is 31.2. The number of aliphatic hydroxyl groups excluding tert-OH is 1. The highest BCUT2D eigenvalue weighted by molar-refractivity contribution is 7.47. The zero-order chi connectivity index (χ0) is 51.3. The largest absolute Gasteiger partial charge is 0.472 e. The average molecular weight is 999 g/mol. The molecule has 3 unspecified atom stereocenters. The van der Waals surface area contributed by atoms with Crippen LogP contribution in [0.5, 0.6) is 0 Å². The van der Waals surface area contributed by atoms with Crippen LogP contribution in [-0.2, 0) is 42.2 Å². The van der Waals surface area contributed by atoms with Crippen molar-refractivity contribution in [2.45, 2.75) is 213 Å². The fourth-order valence-corrected chi connectivity index (χ4v) is 7.50. The molecule has 12 heteroatoms. The number of hydrogen-bond acceptors (Lipinski definition) is 10. The molecule has 3 atom stereocenters. The van der Waals surface area contributed by atoms with Gasteiger partial charge in [-0.1, -0.05) is 207 Å². The first-order valence-corrected chi connectivity index (χ1v) is 28.3. The van der Waals surface area contributed by atoms with E-state index in [9.17, 15) is 28.9 Å². The van der Waals surface area contributed by atoms with Crippen LogP contribution in [-0.4, -0.2) is 66.5 Å². The van der Waals surface area contributed by atoms with Crippen molar-refractivity contribution in [2.24, 2.45) is 0 Å². The average Bonchev–Trinajstić information content (AvgIpc) is 3.35. The molecule has 0 aromatic carbocycles. The molecule has 0 radical (unpaired) electrons. The molecule has 0 spiro atoms. The summed E-state index contributed by atoms with van der Waals surface area (Å²) in [5, 5.41) is 9.77. The normalized spacial score (nSPS) is 14.3. The minimum Gasteiger partial charge on any atom is -0.462 e. The Morgan fingerprint density at radius 3 is 1.26 bits per heavy atom. The molecular formula is C58H95O11P. The molecule has 0 saturated heterocycles. The maximum absolute atomic E-state index is 12.9. The van der Waals surface area contributed by atoms with E-state index in [1.165, 1.54) is 44.9 Å². The van der Waals surface area contributed by atoms with Gasteiger partial charge in [0.1, 0.15) is 12.7 Å². The van der Waals surface area contributed by atoms with Gasteiger partial charge in [0.2, 0.25) is 0 Å². The summed E-state index contributed by atoms with van der Waals surface area (Å²) in [6, 6.07) is 0. The van der Waals surface area contributed by atoms with E-state index in [4.69, 9.17) is 23.3 Å². The van der Waals surface area contributed by atoms with Gasteiger partial charge in [0.05, 0.1) is 26.2 Å². The summed E-state index contributed by atoms with van der Waals surface area (Å²) in [7, 11) is -4.78. The fraction of sp³-hybridized carbons (Fsp3) is 0.638. The lowest BCUT2D eigenvalue weighted by atomic mass is 10.1. The molecule has 11 nitrogen and oxygen atoms in total. The SMILES string of the molecule is CC/C=C\C/C=C\C/C=C\C/C=C\C/C=C\CC(=O)OC(CO)COP(=O)(O)OCC(COC(=O)CCCCCCCCCCCCC)OC(=O)CCCCCC/C=C\C/C=C\C/C=C\C/C=C\CC. The van der Waals surface area contributed by atoms with Crippen molar-refractivity contribution in [3.05, 3.63) is 109 Å². The fourth-order valence-electron chi connectivity index (χ4n) is 6.72. The van der Waals surface area contributed by atoms with Gasteiger partial charge in [-0.2, -0.15) is 0 Å². The standard InChI is InChI=1S/C58H95O11P/c1-4-7-10-13-16-19-22-24-26-27-29-31-34-37-40-43-46-49-58(62)69-55(51-65-56(60)47-44-41-38-35-32-21-18-15-12-9-6-3)53-67-70(63,64)66-52-54(50-59)68-57(61)48-45-42-39-36-33-30-28-25-23-20-17-14-11-8-5-2/h7-8,10-11,16-17,19-20,24-26,28-29,31,33,36,42,45,54-55,59H,4-6,9,12-15,18,21-23,27,30,32,34-35,37-41,43-44,46-53H2,1-3H3,(H,63,64)/b10-7-,11-8-,19-16-,20-17-,26-24-,28-25-,31-29-,36-33-,45-42-. The number of carbonyl (C=O) groups is 3. The van der Waals surface area contributed by atoms with Gasteiger partial charge < -0.3 is 24.2 Å². The predicted molar refractivity (Wildman–Crippen MR) is 288 cm³/mol. The molecule has 0 saturated carbocycles. The van der Waals surface area contributed by atoms with Crippen molar-refractivity contribution in [3.8, 4) is 0 Å². The summed E-state index contributed by atoms with van der Waals surface area (Å²) in [6.45, 7) is 4.25. The Bertz CT molecular complexity index is 1590. The smallest absolute Gasteiger partial charge is 0.462 e. The van der Waals surface area contributed by atoms with E-state index >= 15 is 0 Å². The van der Waals surface area contributed by atoms with Crippen LogP contribution in [0, 0.1) is 0 Å². The van der Waals surface area contributed by atoms with Crippen molar-refractivity contribution in [3.63, 3.8) is 0 Å². The zero-order valence-electron chi connectivity index (χ0n) is 43.7. The third kappa shape index (κ3) is 49.1. The van der Waals surface area contributed by atoms with E-state index in [1.807, 2.05) is 18.2 Å². The molecule has 70 heavy (non-hydrogen) atoms. The number of aliphatic hydroxyl groups is 1. The van der Waals surface area contributed by atoms with Crippen LogP contribution in [0.3, 0.4) is 0 Å². The van der Waals surface area contributed by atoms with Crippen molar-refractivity contribution < 1.29 is 52.2 Å². The van der Waals surface area contributed by atoms with Crippen LogP contribution in [0.15, 0.2) is 109 Å². The van der Waals surface area contributed by atoms with Crippen LogP contribution >= 0.6 is 7.82 Å². The quantitative estimate of drug-likeness (QED) is 0.0197. The molecule has 0 aliphatic carbocycles. The number of carbonyl (C=O) groups excluding carboxylic acids is 3. The molecule has 2 N–H and O–H groups in total. The third-order valence-electron chi connectivity index (χ3n) is 10.7. The number of ether oxygens (including phenoxy) is 3. The Kier molecular flexibility index (Phi) is 48.7. The second kappa shape index (κ2) is 51.5. The number of unbranched alkanes of at least 4 members (excludes halogenated alkanes) is 14. The van der Waals surface area contributed by atoms with Crippen LogP contribution < -0.4 is 0 Å². The summed E-state index contributed by atoms with van der Waals surface area (Å²) in [4.78, 5) is 48.3. The number of rotatable bonds is 48. The van der Waals surface area contributed by atoms with Gasteiger partial charge in [-0.25, -0.2) is 4.57 Å². The molecule has 0 aromatic rings.